The van der Waals surface area contributed by atoms with E-state index < -0.39 is 6.03 Å². The van der Waals surface area contributed by atoms with Crippen LogP contribution in [0, 0.1) is 5.92 Å². The molecule has 3 rings (SSSR count). The second-order valence-corrected chi connectivity index (χ2v) is 7.45. The molecular weight excluding hydrogens is 350 g/mol. The zero-order chi connectivity index (χ0) is 18.4. The molecule has 1 aliphatic rings. The summed E-state index contributed by atoms with van der Waals surface area (Å²) in [4.78, 5) is 28.3. The van der Waals surface area contributed by atoms with E-state index in [0.29, 0.717) is 16.9 Å². The molecule has 26 heavy (non-hydrogen) atoms. The van der Waals surface area contributed by atoms with E-state index in [9.17, 15) is 9.59 Å². The van der Waals surface area contributed by atoms with Gasteiger partial charge in [0.15, 0.2) is 5.82 Å². The van der Waals surface area contributed by atoms with Crippen molar-refractivity contribution >= 4 is 23.7 Å². The van der Waals surface area contributed by atoms with E-state index in [2.05, 4.69) is 32.7 Å². The number of benzene rings is 1. The lowest BCUT2D eigenvalue weighted by molar-refractivity contribution is -0.117. The monoisotopic (exact) mass is 373 g/mol. The van der Waals surface area contributed by atoms with Gasteiger partial charge in [-0.1, -0.05) is 61.9 Å². The van der Waals surface area contributed by atoms with E-state index in [1.165, 1.54) is 18.2 Å². The number of thioether (sulfide) groups is 1. The largest absolute Gasteiger partial charge is 0.335 e. The smallest absolute Gasteiger partial charge is 0.321 e. The molecule has 1 aromatic heterocycles. The Balaban J connectivity index is 1.44. The topological polar surface area (TPSA) is 99.8 Å². The molecule has 8 heteroatoms. The van der Waals surface area contributed by atoms with Crippen LogP contribution in [0.1, 0.15) is 32.6 Å². The predicted octanol–water partition coefficient (Wildman–Crippen LogP) is 2.97. The Bertz CT molecular complexity index is 749. The van der Waals surface area contributed by atoms with Gasteiger partial charge in [0.05, 0.1) is 5.75 Å². The molecule has 0 spiro atoms. The summed E-state index contributed by atoms with van der Waals surface area (Å²) in [6.07, 6.45) is 4.41. The first-order valence-electron chi connectivity index (χ1n) is 8.83. The number of amides is 3. The van der Waals surface area contributed by atoms with E-state index >= 15 is 0 Å². The minimum Gasteiger partial charge on any atom is -0.335 e. The summed E-state index contributed by atoms with van der Waals surface area (Å²) in [6, 6.07) is 9.35. The third kappa shape index (κ3) is 5.08. The Morgan fingerprint density at radius 1 is 1.23 bits per heavy atom. The Morgan fingerprint density at radius 3 is 2.77 bits per heavy atom. The predicted molar refractivity (Wildman–Crippen MR) is 101 cm³/mol. The molecule has 2 atom stereocenters. The molecule has 0 aliphatic heterocycles. The highest BCUT2D eigenvalue weighted by atomic mass is 32.2. The third-order valence-electron chi connectivity index (χ3n) is 4.53. The van der Waals surface area contributed by atoms with Gasteiger partial charge in [0.2, 0.25) is 11.1 Å². The number of hydrogen-bond donors (Lipinski definition) is 3. The van der Waals surface area contributed by atoms with Crippen LogP contribution in [0.25, 0.3) is 11.4 Å². The normalized spacial score (nSPS) is 19.7. The van der Waals surface area contributed by atoms with Crippen molar-refractivity contribution in [1.29, 1.82) is 0 Å². The van der Waals surface area contributed by atoms with Crippen molar-refractivity contribution in [2.75, 3.05) is 5.75 Å². The fourth-order valence-corrected chi connectivity index (χ4v) is 3.66. The highest BCUT2D eigenvalue weighted by Gasteiger charge is 2.23. The van der Waals surface area contributed by atoms with Gasteiger partial charge in [0.1, 0.15) is 0 Å². The molecule has 0 saturated heterocycles. The first kappa shape index (κ1) is 18.4. The first-order chi connectivity index (χ1) is 12.6. The minimum absolute atomic E-state index is 0.0831. The summed E-state index contributed by atoms with van der Waals surface area (Å²) >= 11 is 1.19. The van der Waals surface area contributed by atoms with Crippen LogP contribution in [0.2, 0.25) is 0 Å². The molecule has 7 nitrogen and oxygen atoms in total. The summed E-state index contributed by atoms with van der Waals surface area (Å²) in [6.45, 7) is 2.13. The maximum absolute atomic E-state index is 12.0. The van der Waals surface area contributed by atoms with Crippen LogP contribution >= 0.6 is 11.8 Å². The van der Waals surface area contributed by atoms with Crippen LogP contribution < -0.4 is 10.6 Å². The maximum Gasteiger partial charge on any atom is 0.321 e. The molecular formula is C18H23N5O2S. The van der Waals surface area contributed by atoms with Crippen molar-refractivity contribution in [2.45, 2.75) is 43.8 Å². The van der Waals surface area contributed by atoms with Crippen LogP contribution in [0.4, 0.5) is 4.79 Å². The zero-order valence-corrected chi connectivity index (χ0v) is 15.5. The standard InChI is InChI=1S/C18H23N5O2S/c1-12-7-5-6-10-14(12)19-17(25)20-15(24)11-26-18-21-16(22-23-18)13-8-3-2-4-9-13/h2-4,8-9,12,14H,5-7,10-11H2,1H3,(H,21,22,23)(H2,19,20,24,25)/t12-,14+/m0/s1. The number of imide groups is 1. The second kappa shape index (κ2) is 8.84. The van der Waals surface area contributed by atoms with Gasteiger partial charge in [-0.2, -0.15) is 0 Å². The molecule has 1 aliphatic carbocycles. The molecule has 1 aromatic carbocycles. The van der Waals surface area contributed by atoms with E-state index in [1.54, 1.807) is 0 Å². The first-order valence-corrected chi connectivity index (χ1v) is 9.81. The molecule has 1 heterocycles. The van der Waals surface area contributed by atoms with Crippen molar-refractivity contribution in [1.82, 2.24) is 25.8 Å². The van der Waals surface area contributed by atoms with Gasteiger partial charge in [0, 0.05) is 11.6 Å². The Morgan fingerprint density at radius 2 is 2.00 bits per heavy atom. The van der Waals surface area contributed by atoms with Crippen molar-refractivity contribution in [3.63, 3.8) is 0 Å². The number of nitrogens with one attached hydrogen (secondary N) is 3. The minimum atomic E-state index is -0.422. The van der Waals surface area contributed by atoms with Gasteiger partial charge in [-0.15, -0.1) is 5.10 Å². The van der Waals surface area contributed by atoms with Crippen LogP contribution in [-0.4, -0.2) is 38.9 Å². The number of aromatic amines is 1. The number of urea groups is 1. The lowest BCUT2D eigenvalue weighted by atomic mass is 9.86. The number of H-pyrrole nitrogens is 1. The van der Waals surface area contributed by atoms with Crippen LogP contribution in [0.5, 0.6) is 0 Å². The molecule has 1 fully saturated rings. The molecule has 3 amide bonds. The Labute approximate surface area is 156 Å². The number of aromatic nitrogens is 3. The van der Waals surface area contributed by atoms with E-state index in [0.717, 1.165) is 24.8 Å². The molecule has 0 bridgehead atoms. The van der Waals surface area contributed by atoms with Crippen LogP contribution in [-0.2, 0) is 4.79 Å². The number of carbonyl (C=O) groups is 2. The summed E-state index contributed by atoms with van der Waals surface area (Å²) in [5.41, 5.74) is 0.928. The lowest BCUT2D eigenvalue weighted by Crippen LogP contribution is -2.48. The quantitative estimate of drug-likeness (QED) is 0.700. The van der Waals surface area contributed by atoms with Crippen molar-refractivity contribution in [3.05, 3.63) is 30.3 Å². The summed E-state index contributed by atoms with van der Waals surface area (Å²) in [5, 5.41) is 12.7. The number of nitrogens with zero attached hydrogens (tertiary/aromatic N) is 2. The molecule has 0 radical (unpaired) electrons. The van der Waals surface area contributed by atoms with Crippen molar-refractivity contribution in [3.8, 4) is 11.4 Å². The van der Waals surface area contributed by atoms with E-state index in [1.807, 2.05) is 30.3 Å². The van der Waals surface area contributed by atoms with Crippen molar-refractivity contribution < 1.29 is 9.59 Å². The maximum atomic E-state index is 12.0. The summed E-state index contributed by atoms with van der Waals surface area (Å²) in [7, 11) is 0. The van der Waals surface area contributed by atoms with E-state index in [-0.39, 0.29) is 17.7 Å². The SMILES string of the molecule is C[C@H]1CCCC[C@H]1NC(=O)NC(=O)CSc1n[nH]c(-c2ccccc2)n1. The van der Waals surface area contributed by atoms with Gasteiger partial charge >= 0.3 is 6.03 Å². The number of hydrogen-bond acceptors (Lipinski definition) is 5. The van der Waals surface area contributed by atoms with Gasteiger partial charge in [0.25, 0.3) is 0 Å². The average Bonchev–Trinajstić information content (AvgIpc) is 3.12. The lowest BCUT2D eigenvalue weighted by Gasteiger charge is -2.29. The second-order valence-electron chi connectivity index (χ2n) is 6.51. The van der Waals surface area contributed by atoms with Gasteiger partial charge in [-0.05, 0) is 18.8 Å². The summed E-state index contributed by atoms with van der Waals surface area (Å²) in [5.74, 6) is 0.822. The molecule has 0 unspecified atom stereocenters. The average molecular weight is 373 g/mol. The van der Waals surface area contributed by atoms with Gasteiger partial charge < -0.3 is 5.32 Å². The fraction of sp³-hybridized carbons (Fsp3) is 0.444. The molecule has 3 N–H and O–H groups in total. The molecule has 138 valence electrons. The highest BCUT2D eigenvalue weighted by Crippen LogP contribution is 2.23. The Kier molecular flexibility index (Phi) is 6.27. The molecule has 1 saturated carbocycles. The number of rotatable bonds is 5. The van der Waals surface area contributed by atoms with Crippen molar-refractivity contribution in [2.24, 2.45) is 5.92 Å². The Hall–Kier alpha value is -2.35. The molecule has 2 aromatic rings. The fourth-order valence-electron chi connectivity index (χ4n) is 3.06. The van der Waals surface area contributed by atoms with Gasteiger partial charge in [-0.25, -0.2) is 9.78 Å². The third-order valence-corrected chi connectivity index (χ3v) is 5.37. The van der Waals surface area contributed by atoms with Crippen LogP contribution in [0.3, 0.4) is 0 Å². The van der Waals surface area contributed by atoms with Crippen LogP contribution in [0.15, 0.2) is 35.5 Å². The van der Waals surface area contributed by atoms with Gasteiger partial charge in [-0.3, -0.25) is 15.2 Å². The number of carbonyl (C=O) groups excluding carboxylic acids is 2. The van der Waals surface area contributed by atoms with E-state index in [4.69, 9.17) is 0 Å². The highest BCUT2D eigenvalue weighted by molar-refractivity contribution is 7.99. The summed E-state index contributed by atoms with van der Waals surface area (Å²) < 4.78 is 0. The zero-order valence-electron chi connectivity index (χ0n) is 14.7.